The van der Waals surface area contributed by atoms with Crippen LogP contribution >= 0.6 is 12.2 Å². The molecule has 0 aliphatic heterocycles. The molecule has 3 heteroatoms. The van der Waals surface area contributed by atoms with Gasteiger partial charge in [-0.1, -0.05) is 30.3 Å². The van der Waals surface area contributed by atoms with Gasteiger partial charge in [-0.15, -0.1) is 0 Å². The van der Waals surface area contributed by atoms with Crippen molar-refractivity contribution in [2.24, 2.45) is 0 Å². The standard InChI is InChI=1S/C13H13NOS/c1-14(2)13(16)15-12-8-7-10-5-3-4-6-11(10)9-12/h3-9H,1-2H3. The van der Waals surface area contributed by atoms with Crippen LogP contribution in [0.2, 0.25) is 0 Å². The Morgan fingerprint density at radius 2 is 1.75 bits per heavy atom. The molecule has 0 unspecified atom stereocenters. The maximum atomic E-state index is 5.54. The SMILES string of the molecule is CN(C)C(=S)Oc1ccc2ccccc2c1. The lowest BCUT2D eigenvalue weighted by molar-refractivity contribution is 0.450. The van der Waals surface area contributed by atoms with E-state index >= 15 is 0 Å². The van der Waals surface area contributed by atoms with Gasteiger partial charge < -0.3 is 9.64 Å². The molecule has 0 spiro atoms. The van der Waals surface area contributed by atoms with Crippen molar-refractivity contribution in [2.45, 2.75) is 0 Å². The Morgan fingerprint density at radius 3 is 2.44 bits per heavy atom. The van der Waals surface area contributed by atoms with E-state index in [-0.39, 0.29) is 0 Å². The minimum Gasteiger partial charge on any atom is -0.432 e. The van der Waals surface area contributed by atoms with Gasteiger partial charge in [-0.25, -0.2) is 0 Å². The van der Waals surface area contributed by atoms with Crippen LogP contribution in [0.5, 0.6) is 5.75 Å². The second-order valence-corrected chi connectivity index (χ2v) is 4.12. The molecule has 0 amide bonds. The predicted octanol–water partition coefficient (Wildman–Crippen LogP) is 3.07. The summed E-state index contributed by atoms with van der Waals surface area (Å²) >= 11 is 5.09. The first-order valence-corrected chi connectivity index (χ1v) is 5.45. The van der Waals surface area contributed by atoms with Crippen molar-refractivity contribution in [3.63, 3.8) is 0 Å². The molecule has 0 fully saturated rings. The van der Waals surface area contributed by atoms with Crippen molar-refractivity contribution in [3.05, 3.63) is 42.5 Å². The second kappa shape index (κ2) is 4.49. The van der Waals surface area contributed by atoms with E-state index in [0.717, 1.165) is 11.1 Å². The molecule has 0 radical (unpaired) electrons. The molecule has 0 aliphatic carbocycles. The Labute approximate surface area is 100 Å². The van der Waals surface area contributed by atoms with Crippen molar-refractivity contribution in [1.29, 1.82) is 0 Å². The Kier molecular flexibility index (Phi) is 3.06. The lowest BCUT2D eigenvalue weighted by Gasteiger charge is -2.14. The Balaban J connectivity index is 2.29. The Bertz CT molecular complexity index is 522. The summed E-state index contributed by atoms with van der Waals surface area (Å²) in [7, 11) is 3.73. The van der Waals surface area contributed by atoms with Crippen LogP contribution in [0, 0.1) is 0 Å². The van der Waals surface area contributed by atoms with E-state index in [1.807, 2.05) is 44.4 Å². The van der Waals surface area contributed by atoms with Gasteiger partial charge in [0.25, 0.3) is 5.17 Å². The van der Waals surface area contributed by atoms with E-state index in [0.29, 0.717) is 5.17 Å². The first-order valence-electron chi connectivity index (χ1n) is 5.05. The van der Waals surface area contributed by atoms with E-state index in [1.165, 1.54) is 5.39 Å². The minimum atomic E-state index is 0.468. The average Bonchev–Trinajstić information content (AvgIpc) is 2.28. The van der Waals surface area contributed by atoms with Crippen LogP contribution in [0.25, 0.3) is 10.8 Å². The second-order valence-electron chi connectivity index (χ2n) is 3.77. The van der Waals surface area contributed by atoms with Gasteiger partial charge in [-0.05, 0) is 35.1 Å². The maximum Gasteiger partial charge on any atom is 0.264 e. The lowest BCUT2D eigenvalue weighted by Crippen LogP contribution is -2.24. The van der Waals surface area contributed by atoms with Crippen molar-refractivity contribution >= 4 is 28.2 Å². The van der Waals surface area contributed by atoms with E-state index < -0.39 is 0 Å². The molecule has 0 bridgehead atoms. The number of nitrogens with zero attached hydrogens (tertiary/aromatic N) is 1. The van der Waals surface area contributed by atoms with Crippen molar-refractivity contribution < 1.29 is 4.74 Å². The number of benzene rings is 2. The van der Waals surface area contributed by atoms with E-state index in [9.17, 15) is 0 Å². The van der Waals surface area contributed by atoms with Crippen molar-refractivity contribution in [3.8, 4) is 5.75 Å². The molecule has 0 atom stereocenters. The van der Waals surface area contributed by atoms with Gasteiger partial charge in [0.15, 0.2) is 0 Å². The lowest BCUT2D eigenvalue weighted by atomic mass is 10.1. The fourth-order valence-corrected chi connectivity index (χ4v) is 1.52. The molecule has 0 saturated heterocycles. The maximum absolute atomic E-state index is 5.54. The molecule has 0 N–H and O–H groups in total. The van der Waals surface area contributed by atoms with Crippen LogP contribution in [0.15, 0.2) is 42.5 Å². The van der Waals surface area contributed by atoms with Gasteiger partial charge >= 0.3 is 0 Å². The number of fused-ring (bicyclic) bond motifs is 1. The molecule has 2 aromatic carbocycles. The van der Waals surface area contributed by atoms with Crippen molar-refractivity contribution in [1.82, 2.24) is 4.90 Å². The van der Waals surface area contributed by atoms with Gasteiger partial charge in [0.1, 0.15) is 5.75 Å². The predicted molar refractivity (Wildman–Crippen MR) is 70.9 cm³/mol. The fourth-order valence-electron chi connectivity index (χ4n) is 1.42. The summed E-state index contributed by atoms with van der Waals surface area (Å²) in [6.45, 7) is 0. The highest BCUT2D eigenvalue weighted by molar-refractivity contribution is 7.80. The summed E-state index contributed by atoms with van der Waals surface area (Å²) in [6.07, 6.45) is 0. The average molecular weight is 231 g/mol. The molecular weight excluding hydrogens is 218 g/mol. The van der Waals surface area contributed by atoms with Crippen LogP contribution < -0.4 is 4.74 Å². The number of rotatable bonds is 1. The molecule has 16 heavy (non-hydrogen) atoms. The fraction of sp³-hybridized carbons (Fsp3) is 0.154. The monoisotopic (exact) mass is 231 g/mol. The first kappa shape index (κ1) is 10.9. The van der Waals surface area contributed by atoms with E-state index in [1.54, 1.807) is 4.90 Å². The quantitative estimate of drug-likeness (QED) is 0.700. The zero-order valence-corrected chi connectivity index (χ0v) is 10.1. The van der Waals surface area contributed by atoms with Gasteiger partial charge in [-0.2, -0.15) is 0 Å². The molecule has 2 rings (SSSR count). The zero-order chi connectivity index (χ0) is 11.5. The number of hydrogen-bond acceptors (Lipinski definition) is 2. The van der Waals surface area contributed by atoms with E-state index in [2.05, 4.69) is 12.1 Å². The summed E-state index contributed by atoms with van der Waals surface area (Å²) in [5, 5.41) is 2.82. The molecule has 2 aromatic rings. The topological polar surface area (TPSA) is 12.5 Å². The molecule has 2 nitrogen and oxygen atoms in total. The molecular formula is C13H13NOS. The first-order chi connectivity index (χ1) is 7.66. The number of thiocarbonyl (C=S) groups is 1. The highest BCUT2D eigenvalue weighted by Crippen LogP contribution is 2.20. The van der Waals surface area contributed by atoms with Gasteiger partial charge in [-0.3, -0.25) is 0 Å². The third kappa shape index (κ3) is 2.31. The van der Waals surface area contributed by atoms with Crippen LogP contribution in [0.4, 0.5) is 0 Å². The Morgan fingerprint density at radius 1 is 1.06 bits per heavy atom. The zero-order valence-electron chi connectivity index (χ0n) is 9.31. The van der Waals surface area contributed by atoms with Gasteiger partial charge in [0, 0.05) is 14.1 Å². The number of hydrogen-bond donors (Lipinski definition) is 0. The summed E-state index contributed by atoms with van der Waals surface area (Å²) < 4.78 is 5.54. The molecule has 0 heterocycles. The largest absolute Gasteiger partial charge is 0.432 e. The van der Waals surface area contributed by atoms with Gasteiger partial charge in [0.2, 0.25) is 0 Å². The summed E-state index contributed by atoms with van der Waals surface area (Å²) in [5.41, 5.74) is 0. The third-order valence-electron chi connectivity index (χ3n) is 2.29. The smallest absolute Gasteiger partial charge is 0.264 e. The molecule has 82 valence electrons. The van der Waals surface area contributed by atoms with Crippen LogP contribution in [-0.2, 0) is 0 Å². The van der Waals surface area contributed by atoms with Crippen LogP contribution in [-0.4, -0.2) is 24.2 Å². The van der Waals surface area contributed by atoms with Crippen LogP contribution in [0.3, 0.4) is 0 Å². The minimum absolute atomic E-state index is 0.468. The third-order valence-corrected chi connectivity index (χ3v) is 2.74. The van der Waals surface area contributed by atoms with Crippen molar-refractivity contribution in [2.75, 3.05) is 14.1 Å². The summed E-state index contributed by atoms with van der Waals surface area (Å²) in [4.78, 5) is 1.77. The summed E-state index contributed by atoms with van der Waals surface area (Å²) in [5.74, 6) is 0.775. The highest BCUT2D eigenvalue weighted by atomic mass is 32.1. The summed E-state index contributed by atoms with van der Waals surface area (Å²) in [6, 6.07) is 14.1. The molecule has 0 aromatic heterocycles. The van der Waals surface area contributed by atoms with Crippen LogP contribution in [0.1, 0.15) is 0 Å². The van der Waals surface area contributed by atoms with Gasteiger partial charge in [0.05, 0.1) is 0 Å². The van der Waals surface area contributed by atoms with E-state index in [4.69, 9.17) is 17.0 Å². The number of ether oxygens (including phenoxy) is 1. The molecule has 0 aliphatic rings. The normalized spacial score (nSPS) is 10.1. The highest BCUT2D eigenvalue weighted by Gasteiger charge is 2.02. The Hall–Kier alpha value is -1.61. The molecule has 0 saturated carbocycles.